The Balaban J connectivity index is 4.94. The Hall–Kier alpha value is -0.420. The molecule has 1 atom stereocenters. The summed E-state index contributed by atoms with van der Waals surface area (Å²) in [5.74, 6) is -0.509. The molecular weight excluding hydrogens is 192 g/mol. The van der Waals surface area contributed by atoms with Crippen molar-refractivity contribution in [1.82, 2.24) is 0 Å². The summed E-state index contributed by atoms with van der Waals surface area (Å²) in [4.78, 5) is 11.5. The van der Waals surface area contributed by atoms with Crippen molar-refractivity contribution in [3.8, 4) is 0 Å². The van der Waals surface area contributed by atoms with Gasteiger partial charge in [0.25, 0.3) is 0 Å². The van der Waals surface area contributed by atoms with Crippen LogP contribution in [0.5, 0.6) is 0 Å². The van der Waals surface area contributed by atoms with Gasteiger partial charge in [0, 0.05) is 5.41 Å². The van der Waals surface area contributed by atoms with Crippen molar-refractivity contribution < 1.29 is 17.8 Å². The Morgan fingerprint density at radius 3 is 1.85 bits per heavy atom. The van der Waals surface area contributed by atoms with Gasteiger partial charge in [-0.1, -0.05) is 27.7 Å². The standard InChI is InChI=1S/C8H16O4S/c1-5-6(13(10,11)12)7(9)8(2,3)4/h6H,5H2,1-4H3,(H,10,11,12)/p-1. The number of carbonyl (C=O) groups excluding carboxylic acids is 1. The molecule has 78 valence electrons. The van der Waals surface area contributed by atoms with Gasteiger partial charge in [-0.3, -0.25) is 4.79 Å². The lowest BCUT2D eigenvalue weighted by Crippen LogP contribution is -2.37. The third-order valence-electron chi connectivity index (χ3n) is 1.75. The minimum Gasteiger partial charge on any atom is -0.747 e. The van der Waals surface area contributed by atoms with Gasteiger partial charge < -0.3 is 4.55 Å². The van der Waals surface area contributed by atoms with E-state index in [1.165, 1.54) is 6.92 Å². The molecule has 0 aliphatic rings. The number of carbonyl (C=O) groups is 1. The smallest absolute Gasteiger partial charge is 0.155 e. The van der Waals surface area contributed by atoms with Crippen molar-refractivity contribution >= 4 is 15.9 Å². The van der Waals surface area contributed by atoms with Crippen LogP contribution in [0.25, 0.3) is 0 Å². The molecule has 0 aliphatic carbocycles. The normalized spacial score (nSPS) is 15.5. The molecular formula is C8H15O4S-. The quantitative estimate of drug-likeness (QED) is 0.645. The summed E-state index contributed by atoms with van der Waals surface area (Å²) in [6.45, 7) is 6.32. The number of hydrogen-bond donors (Lipinski definition) is 0. The monoisotopic (exact) mass is 207 g/mol. The zero-order valence-corrected chi connectivity index (χ0v) is 9.14. The molecule has 0 saturated heterocycles. The first-order valence-corrected chi connectivity index (χ1v) is 5.57. The van der Waals surface area contributed by atoms with E-state index >= 15 is 0 Å². The molecule has 0 fully saturated rings. The first-order chi connectivity index (χ1) is 5.60. The molecule has 0 aromatic heterocycles. The van der Waals surface area contributed by atoms with Crippen LogP contribution in [0, 0.1) is 5.41 Å². The van der Waals surface area contributed by atoms with Gasteiger partial charge in [0.2, 0.25) is 0 Å². The predicted molar refractivity (Wildman–Crippen MR) is 48.2 cm³/mol. The molecule has 0 aliphatic heterocycles. The second-order valence-electron chi connectivity index (χ2n) is 4.00. The summed E-state index contributed by atoms with van der Waals surface area (Å²) in [6, 6.07) is 0. The van der Waals surface area contributed by atoms with Gasteiger partial charge >= 0.3 is 0 Å². The molecule has 0 heterocycles. The van der Waals surface area contributed by atoms with Crippen LogP contribution in [0.4, 0.5) is 0 Å². The zero-order chi connectivity index (χ0) is 10.9. The minimum atomic E-state index is -4.50. The lowest BCUT2D eigenvalue weighted by Gasteiger charge is -2.25. The second kappa shape index (κ2) is 3.75. The lowest BCUT2D eigenvalue weighted by molar-refractivity contribution is -0.126. The highest BCUT2D eigenvalue weighted by molar-refractivity contribution is 7.87. The van der Waals surface area contributed by atoms with E-state index in [-0.39, 0.29) is 6.42 Å². The highest BCUT2D eigenvalue weighted by Crippen LogP contribution is 2.21. The van der Waals surface area contributed by atoms with E-state index in [2.05, 4.69) is 0 Å². The van der Waals surface area contributed by atoms with E-state index in [1.54, 1.807) is 20.8 Å². The Morgan fingerprint density at radius 2 is 1.77 bits per heavy atom. The van der Waals surface area contributed by atoms with Crippen LogP contribution in [0.2, 0.25) is 0 Å². The topological polar surface area (TPSA) is 74.3 Å². The van der Waals surface area contributed by atoms with Crippen LogP contribution >= 0.6 is 0 Å². The van der Waals surface area contributed by atoms with Gasteiger partial charge in [0.1, 0.15) is 15.4 Å². The van der Waals surface area contributed by atoms with E-state index < -0.39 is 26.6 Å². The zero-order valence-electron chi connectivity index (χ0n) is 8.33. The molecule has 0 aromatic carbocycles. The highest BCUT2D eigenvalue weighted by atomic mass is 32.2. The molecule has 0 N–H and O–H groups in total. The third-order valence-corrected chi connectivity index (χ3v) is 3.00. The van der Waals surface area contributed by atoms with Gasteiger partial charge in [-0.15, -0.1) is 0 Å². The van der Waals surface area contributed by atoms with E-state index in [0.29, 0.717) is 0 Å². The molecule has 13 heavy (non-hydrogen) atoms. The van der Waals surface area contributed by atoms with Crippen LogP contribution in [-0.4, -0.2) is 24.0 Å². The summed E-state index contributed by atoms with van der Waals surface area (Å²) in [5, 5.41) is -1.40. The Kier molecular flexibility index (Phi) is 3.63. The number of rotatable bonds is 3. The molecule has 0 amide bonds. The van der Waals surface area contributed by atoms with Crippen molar-refractivity contribution in [2.24, 2.45) is 5.41 Å². The van der Waals surface area contributed by atoms with Crippen LogP contribution in [0.1, 0.15) is 34.1 Å². The maximum Gasteiger partial charge on any atom is 0.155 e. The van der Waals surface area contributed by atoms with Crippen molar-refractivity contribution in [2.75, 3.05) is 0 Å². The van der Waals surface area contributed by atoms with E-state index in [1.807, 2.05) is 0 Å². The van der Waals surface area contributed by atoms with E-state index in [0.717, 1.165) is 0 Å². The third kappa shape index (κ3) is 3.44. The predicted octanol–water partition coefficient (Wildman–Crippen LogP) is 0.925. The first kappa shape index (κ1) is 12.6. The fourth-order valence-corrected chi connectivity index (χ4v) is 2.03. The molecule has 0 spiro atoms. The second-order valence-corrected chi connectivity index (χ2v) is 5.56. The van der Waals surface area contributed by atoms with Crippen LogP contribution in [0.15, 0.2) is 0 Å². The van der Waals surface area contributed by atoms with Gasteiger partial charge in [-0.05, 0) is 6.42 Å². The summed E-state index contributed by atoms with van der Waals surface area (Å²) in [6.07, 6.45) is 0.0436. The van der Waals surface area contributed by atoms with Gasteiger partial charge in [-0.25, -0.2) is 8.42 Å². The average molecular weight is 207 g/mol. The van der Waals surface area contributed by atoms with E-state index in [4.69, 9.17) is 0 Å². The molecule has 5 heteroatoms. The molecule has 4 nitrogen and oxygen atoms in total. The van der Waals surface area contributed by atoms with Gasteiger partial charge in [-0.2, -0.15) is 0 Å². The van der Waals surface area contributed by atoms with Crippen molar-refractivity contribution in [2.45, 2.75) is 39.4 Å². The van der Waals surface area contributed by atoms with Gasteiger partial charge in [0.05, 0.1) is 0 Å². The number of Topliss-reactive ketones (excluding diaryl/α,β-unsaturated/α-hetero) is 1. The summed E-state index contributed by atoms with van der Waals surface area (Å²) in [7, 11) is -4.50. The van der Waals surface area contributed by atoms with Gasteiger partial charge in [0.15, 0.2) is 5.78 Å². The largest absolute Gasteiger partial charge is 0.747 e. The molecule has 0 rings (SSSR count). The number of hydrogen-bond acceptors (Lipinski definition) is 4. The maximum atomic E-state index is 11.5. The first-order valence-electron chi connectivity index (χ1n) is 4.09. The lowest BCUT2D eigenvalue weighted by atomic mass is 9.88. The highest BCUT2D eigenvalue weighted by Gasteiger charge is 2.32. The van der Waals surface area contributed by atoms with Crippen molar-refractivity contribution in [3.05, 3.63) is 0 Å². The van der Waals surface area contributed by atoms with Crippen LogP contribution in [-0.2, 0) is 14.9 Å². The Labute approximate surface area is 79.1 Å². The molecule has 1 unspecified atom stereocenters. The minimum absolute atomic E-state index is 0.0436. The molecule has 0 bridgehead atoms. The van der Waals surface area contributed by atoms with Crippen LogP contribution in [0.3, 0.4) is 0 Å². The summed E-state index contributed by atoms with van der Waals surface area (Å²) < 4.78 is 32.0. The van der Waals surface area contributed by atoms with Crippen LogP contribution < -0.4 is 0 Å². The fraction of sp³-hybridized carbons (Fsp3) is 0.875. The molecule has 0 saturated carbocycles. The molecule has 0 aromatic rings. The number of ketones is 1. The van der Waals surface area contributed by atoms with E-state index in [9.17, 15) is 17.8 Å². The Bertz CT molecular complexity index is 284. The fourth-order valence-electron chi connectivity index (χ4n) is 1.00. The van der Waals surface area contributed by atoms with Crippen molar-refractivity contribution in [1.29, 1.82) is 0 Å². The maximum absolute atomic E-state index is 11.5. The summed E-state index contributed by atoms with van der Waals surface area (Å²) in [5.41, 5.74) is -0.780. The summed E-state index contributed by atoms with van der Waals surface area (Å²) >= 11 is 0. The SMILES string of the molecule is CCC(C(=O)C(C)(C)C)S(=O)(=O)[O-]. The Morgan fingerprint density at radius 1 is 1.38 bits per heavy atom. The van der Waals surface area contributed by atoms with Crippen molar-refractivity contribution in [3.63, 3.8) is 0 Å². The average Bonchev–Trinajstić information content (AvgIpc) is 1.83. The molecule has 0 radical (unpaired) electrons.